The molecule has 5 heteroatoms. The zero-order valence-electron chi connectivity index (χ0n) is 15.2. The molecule has 1 N–H and O–H groups in total. The Hall–Kier alpha value is -1.43. The lowest BCUT2D eigenvalue weighted by molar-refractivity contribution is -0.128. The van der Waals surface area contributed by atoms with Crippen LogP contribution in [-0.4, -0.2) is 67.7 Å². The van der Waals surface area contributed by atoms with Crippen molar-refractivity contribution in [3.63, 3.8) is 0 Å². The van der Waals surface area contributed by atoms with Gasteiger partial charge < -0.3 is 10.1 Å². The van der Waals surface area contributed by atoms with E-state index in [1.807, 2.05) is 51.1 Å². The number of ether oxygens (including phenoxy) is 1. The second-order valence-corrected chi connectivity index (χ2v) is 6.55. The van der Waals surface area contributed by atoms with Gasteiger partial charge in [-0.1, -0.05) is 30.3 Å². The van der Waals surface area contributed by atoms with Crippen molar-refractivity contribution in [1.29, 1.82) is 0 Å². The third-order valence-corrected chi connectivity index (χ3v) is 4.32. The summed E-state index contributed by atoms with van der Waals surface area (Å²) in [5.74, 6) is 0.0963. The van der Waals surface area contributed by atoms with Crippen LogP contribution in [0.3, 0.4) is 0 Å². The van der Waals surface area contributed by atoms with Crippen LogP contribution in [0.1, 0.15) is 32.4 Å². The predicted octanol–water partition coefficient (Wildman–Crippen LogP) is 1.91. The molecule has 0 spiro atoms. The third-order valence-electron chi connectivity index (χ3n) is 4.32. The van der Waals surface area contributed by atoms with Crippen LogP contribution < -0.4 is 5.32 Å². The SMILES string of the molecule is CCOCCN1CCN(C(C(=O)NC(C)C)c2ccccc2)CC1. The van der Waals surface area contributed by atoms with Crippen molar-refractivity contribution in [3.8, 4) is 0 Å². The number of carbonyl (C=O) groups excluding carboxylic acids is 1. The van der Waals surface area contributed by atoms with Crippen molar-refractivity contribution in [2.75, 3.05) is 45.9 Å². The van der Waals surface area contributed by atoms with Gasteiger partial charge in [-0.15, -0.1) is 0 Å². The van der Waals surface area contributed by atoms with Gasteiger partial charge in [0.25, 0.3) is 0 Å². The Labute approximate surface area is 146 Å². The molecule has 1 amide bonds. The Kier molecular flexibility index (Phi) is 7.69. The maximum absolute atomic E-state index is 12.8. The van der Waals surface area contributed by atoms with Gasteiger partial charge in [-0.25, -0.2) is 0 Å². The molecule has 1 heterocycles. The smallest absolute Gasteiger partial charge is 0.242 e. The molecule has 0 aliphatic carbocycles. The van der Waals surface area contributed by atoms with Gasteiger partial charge in [0.1, 0.15) is 6.04 Å². The molecule has 2 rings (SSSR count). The second kappa shape index (κ2) is 9.77. The van der Waals surface area contributed by atoms with E-state index in [9.17, 15) is 4.79 Å². The number of nitrogens with zero attached hydrogens (tertiary/aromatic N) is 2. The van der Waals surface area contributed by atoms with Crippen LogP contribution in [0.15, 0.2) is 30.3 Å². The maximum Gasteiger partial charge on any atom is 0.242 e. The quantitative estimate of drug-likeness (QED) is 0.738. The number of carbonyl (C=O) groups is 1. The van der Waals surface area contributed by atoms with Crippen LogP contribution in [-0.2, 0) is 9.53 Å². The summed E-state index contributed by atoms with van der Waals surface area (Å²) in [5.41, 5.74) is 1.07. The van der Waals surface area contributed by atoms with E-state index in [4.69, 9.17) is 4.74 Å². The van der Waals surface area contributed by atoms with Crippen molar-refractivity contribution in [3.05, 3.63) is 35.9 Å². The molecule has 1 aliphatic rings. The van der Waals surface area contributed by atoms with E-state index in [-0.39, 0.29) is 18.0 Å². The summed E-state index contributed by atoms with van der Waals surface area (Å²) >= 11 is 0. The fourth-order valence-electron chi connectivity index (χ4n) is 3.11. The molecule has 1 saturated heterocycles. The van der Waals surface area contributed by atoms with Crippen molar-refractivity contribution < 1.29 is 9.53 Å². The number of rotatable bonds is 8. The molecular weight excluding hydrogens is 302 g/mol. The number of benzene rings is 1. The molecule has 0 radical (unpaired) electrons. The highest BCUT2D eigenvalue weighted by atomic mass is 16.5. The van der Waals surface area contributed by atoms with Gasteiger partial charge in [0.2, 0.25) is 5.91 Å². The maximum atomic E-state index is 12.8. The van der Waals surface area contributed by atoms with E-state index in [2.05, 4.69) is 15.1 Å². The monoisotopic (exact) mass is 333 g/mol. The van der Waals surface area contributed by atoms with E-state index < -0.39 is 0 Å². The zero-order chi connectivity index (χ0) is 17.4. The van der Waals surface area contributed by atoms with Crippen LogP contribution >= 0.6 is 0 Å². The lowest BCUT2D eigenvalue weighted by Crippen LogP contribution is -2.52. The van der Waals surface area contributed by atoms with Crippen molar-refractivity contribution in [2.24, 2.45) is 0 Å². The highest BCUT2D eigenvalue weighted by molar-refractivity contribution is 5.83. The zero-order valence-corrected chi connectivity index (χ0v) is 15.2. The largest absolute Gasteiger partial charge is 0.380 e. The average molecular weight is 333 g/mol. The fourth-order valence-corrected chi connectivity index (χ4v) is 3.11. The molecule has 1 aliphatic heterocycles. The first-order valence-corrected chi connectivity index (χ1v) is 9.01. The van der Waals surface area contributed by atoms with E-state index in [0.29, 0.717) is 0 Å². The van der Waals surface area contributed by atoms with Gasteiger partial charge in [0.05, 0.1) is 6.61 Å². The molecule has 0 saturated carbocycles. The number of nitrogens with one attached hydrogen (secondary N) is 1. The lowest BCUT2D eigenvalue weighted by Gasteiger charge is -2.39. The number of hydrogen-bond donors (Lipinski definition) is 1. The van der Waals surface area contributed by atoms with Crippen LogP contribution in [0, 0.1) is 0 Å². The number of hydrogen-bond acceptors (Lipinski definition) is 4. The van der Waals surface area contributed by atoms with Crippen LogP contribution in [0.25, 0.3) is 0 Å². The molecule has 0 bridgehead atoms. The average Bonchev–Trinajstić information content (AvgIpc) is 2.57. The van der Waals surface area contributed by atoms with Gasteiger partial charge in [0, 0.05) is 45.4 Å². The molecule has 1 aromatic rings. The molecule has 1 aromatic carbocycles. The van der Waals surface area contributed by atoms with E-state index in [1.54, 1.807) is 0 Å². The highest BCUT2D eigenvalue weighted by Gasteiger charge is 2.30. The molecule has 1 atom stereocenters. The minimum absolute atomic E-state index is 0.0963. The van der Waals surface area contributed by atoms with Crippen molar-refractivity contribution in [2.45, 2.75) is 32.9 Å². The van der Waals surface area contributed by atoms with E-state index >= 15 is 0 Å². The molecule has 1 unspecified atom stereocenters. The van der Waals surface area contributed by atoms with E-state index in [0.717, 1.165) is 51.5 Å². The van der Waals surface area contributed by atoms with Crippen LogP contribution in [0.5, 0.6) is 0 Å². The predicted molar refractivity (Wildman–Crippen MR) is 97.0 cm³/mol. The molecule has 24 heavy (non-hydrogen) atoms. The third kappa shape index (κ3) is 5.58. The molecule has 5 nitrogen and oxygen atoms in total. The van der Waals surface area contributed by atoms with Gasteiger partial charge in [0.15, 0.2) is 0 Å². The summed E-state index contributed by atoms with van der Waals surface area (Å²) in [5, 5.41) is 3.08. The summed E-state index contributed by atoms with van der Waals surface area (Å²) in [6, 6.07) is 10.0. The summed E-state index contributed by atoms with van der Waals surface area (Å²) in [4.78, 5) is 17.5. The second-order valence-electron chi connectivity index (χ2n) is 6.55. The van der Waals surface area contributed by atoms with Crippen molar-refractivity contribution in [1.82, 2.24) is 15.1 Å². The summed E-state index contributed by atoms with van der Waals surface area (Å²) in [7, 11) is 0. The summed E-state index contributed by atoms with van der Waals surface area (Å²) < 4.78 is 5.44. The number of amides is 1. The Morgan fingerprint density at radius 3 is 2.42 bits per heavy atom. The first-order chi connectivity index (χ1) is 11.6. The molecular formula is C19H31N3O2. The van der Waals surface area contributed by atoms with Crippen LogP contribution in [0.2, 0.25) is 0 Å². The van der Waals surface area contributed by atoms with Gasteiger partial charge in [-0.05, 0) is 26.3 Å². The minimum Gasteiger partial charge on any atom is -0.380 e. The Bertz CT molecular complexity index is 485. The first-order valence-electron chi connectivity index (χ1n) is 9.01. The first kappa shape index (κ1) is 18.9. The Balaban J connectivity index is 1.99. The standard InChI is InChI=1S/C19H31N3O2/c1-4-24-15-14-21-10-12-22(13-11-21)18(19(23)20-16(2)3)17-8-6-5-7-9-17/h5-9,16,18H,4,10-15H2,1-3H3,(H,20,23). The fraction of sp³-hybridized carbons (Fsp3) is 0.632. The minimum atomic E-state index is -0.206. The number of piperazine rings is 1. The normalized spacial score (nSPS) is 17.8. The van der Waals surface area contributed by atoms with Crippen molar-refractivity contribution >= 4 is 5.91 Å². The summed E-state index contributed by atoms with van der Waals surface area (Å²) in [6.07, 6.45) is 0. The Morgan fingerprint density at radius 1 is 1.17 bits per heavy atom. The lowest BCUT2D eigenvalue weighted by atomic mass is 10.0. The van der Waals surface area contributed by atoms with E-state index in [1.165, 1.54) is 0 Å². The topological polar surface area (TPSA) is 44.8 Å². The molecule has 0 aromatic heterocycles. The van der Waals surface area contributed by atoms with Crippen LogP contribution in [0.4, 0.5) is 0 Å². The summed E-state index contributed by atoms with van der Waals surface area (Å²) in [6.45, 7) is 12.3. The van der Waals surface area contributed by atoms with Gasteiger partial charge in [-0.2, -0.15) is 0 Å². The molecule has 134 valence electrons. The Morgan fingerprint density at radius 2 is 1.83 bits per heavy atom. The van der Waals surface area contributed by atoms with Gasteiger partial charge >= 0.3 is 0 Å². The highest BCUT2D eigenvalue weighted by Crippen LogP contribution is 2.22. The molecule has 1 fully saturated rings. The van der Waals surface area contributed by atoms with Gasteiger partial charge in [-0.3, -0.25) is 14.6 Å².